The molecule has 26 heavy (non-hydrogen) atoms. The second kappa shape index (κ2) is 7.10. The minimum Gasteiger partial charge on any atom is -0.415 e. The van der Waals surface area contributed by atoms with Gasteiger partial charge in [-0.25, -0.2) is 18.0 Å². The molecule has 0 aliphatic rings. The first-order valence-corrected chi connectivity index (χ1v) is 7.12. The topological polar surface area (TPSA) is 74.4 Å². The van der Waals surface area contributed by atoms with Gasteiger partial charge in [0, 0.05) is 12.6 Å². The zero-order valence-electron chi connectivity index (χ0n) is 13.4. The van der Waals surface area contributed by atoms with E-state index in [1.165, 1.54) is 0 Å². The molecule has 0 aliphatic carbocycles. The Morgan fingerprint density at radius 2 is 1.62 bits per heavy atom. The monoisotopic (exact) mass is 378 g/mol. The summed E-state index contributed by atoms with van der Waals surface area (Å²) in [6.45, 7) is 3.56. The quantitative estimate of drug-likeness (QED) is 0.150. The number of ether oxygens (including phenoxy) is 1. The van der Waals surface area contributed by atoms with Crippen LogP contribution in [-0.2, 0) is 6.54 Å². The molecule has 0 aliphatic heterocycles. The summed E-state index contributed by atoms with van der Waals surface area (Å²) in [4.78, 5) is 22.2. The summed E-state index contributed by atoms with van der Waals surface area (Å²) in [7, 11) is 0. The Balaban J connectivity index is 2.47. The predicted molar refractivity (Wildman–Crippen MR) is 77.1 cm³/mol. The van der Waals surface area contributed by atoms with Gasteiger partial charge in [-0.15, -0.1) is 0 Å². The van der Waals surface area contributed by atoms with Crippen molar-refractivity contribution in [2.24, 2.45) is 5.92 Å². The van der Waals surface area contributed by atoms with Gasteiger partial charge in [0.2, 0.25) is 34.8 Å². The standard InChI is InChI=1S/C15H11F5N2O4/c1-6(2)4-21-5-7(22(24)25)3-8(21)15(23)26-14-12(19)10(17)9(16)11(18)13(14)20/h3,5-6H,4H2,1-2H3. The molecule has 0 amide bonds. The number of nitro groups is 1. The van der Waals surface area contributed by atoms with Gasteiger partial charge in [0.05, 0.1) is 11.1 Å². The van der Waals surface area contributed by atoms with Gasteiger partial charge >= 0.3 is 5.97 Å². The summed E-state index contributed by atoms with van der Waals surface area (Å²) in [5.41, 5.74) is -0.982. The highest BCUT2D eigenvalue weighted by Crippen LogP contribution is 2.30. The Morgan fingerprint density at radius 3 is 2.08 bits per heavy atom. The number of benzene rings is 1. The normalized spacial score (nSPS) is 11.1. The van der Waals surface area contributed by atoms with Crippen LogP contribution in [0.3, 0.4) is 0 Å². The minimum absolute atomic E-state index is 0.0808. The van der Waals surface area contributed by atoms with Crippen LogP contribution in [-0.4, -0.2) is 15.5 Å². The maximum absolute atomic E-state index is 13.6. The number of carbonyl (C=O) groups excluding carboxylic acids is 1. The first-order valence-electron chi connectivity index (χ1n) is 7.12. The van der Waals surface area contributed by atoms with E-state index in [0.717, 1.165) is 16.8 Å². The van der Waals surface area contributed by atoms with Crippen molar-refractivity contribution in [3.63, 3.8) is 0 Å². The van der Waals surface area contributed by atoms with Gasteiger partial charge in [-0.1, -0.05) is 13.8 Å². The van der Waals surface area contributed by atoms with Crippen molar-refractivity contribution < 1.29 is 36.4 Å². The van der Waals surface area contributed by atoms with Crippen LogP contribution in [0.25, 0.3) is 0 Å². The van der Waals surface area contributed by atoms with E-state index in [1.54, 1.807) is 13.8 Å². The molecule has 0 spiro atoms. The molecule has 1 heterocycles. The van der Waals surface area contributed by atoms with Crippen molar-refractivity contribution in [1.29, 1.82) is 0 Å². The average Bonchev–Trinajstić information content (AvgIpc) is 2.98. The van der Waals surface area contributed by atoms with E-state index in [1.807, 2.05) is 0 Å². The van der Waals surface area contributed by atoms with Crippen LogP contribution < -0.4 is 4.74 Å². The third kappa shape index (κ3) is 3.51. The minimum atomic E-state index is -2.40. The van der Waals surface area contributed by atoms with Gasteiger partial charge in [-0.05, 0) is 5.92 Å². The smallest absolute Gasteiger partial charge is 0.360 e. The van der Waals surface area contributed by atoms with E-state index in [2.05, 4.69) is 4.74 Å². The number of rotatable bonds is 5. The van der Waals surface area contributed by atoms with E-state index in [4.69, 9.17) is 0 Å². The molecule has 140 valence electrons. The zero-order chi connectivity index (χ0) is 19.8. The predicted octanol–water partition coefficient (Wildman–Crippen LogP) is 3.97. The summed E-state index contributed by atoms with van der Waals surface area (Å²) in [6.07, 6.45) is 0.995. The number of aromatic nitrogens is 1. The van der Waals surface area contributed by atoms with Crippen LogP contribution >= 0.6 is 0 Å². The fourth-order valence-electron chi connectivity index (χ4n) is 2.13. The van der Waals surface area contributed by atoms with Crippen LogP contribution in [0.15, 0.2) is 12.3 Å². The Bertz CT molecular complexity index is 866. The number of carbonyl (C=O) groups is 1. The lowest BCUT2D eigenvalue weighted by Crippen LogP contribution is -2.18. The summed E-state index contributed by atoms with van der Waals surface area (Å²) in [6, 6.07) is 0.775. The van der Waals surface area contributed by atoms with Crippen LogP contribution in [0.4, 0.5) is 27.6 Å². The van der Waals surface area contributed by atoms with Gasteiger partial charge in [0.15, 0.2) is 0 Å². The van der Waals surface area contributed by atoms with E-state index < -0.39 is 57.1 Å². The first-order chi connectivity index (χ1) is 12.0. The largest absolute Gasteiger partial charge is 0.415 e. The fraction of sp³-hybridized carbons (Fsp3) is 0.267. The number of hydrogen-bond donors (Lipinski definition) is 0. The van der Waals surface area contributed by atoms with E-state index in [9.17, 15) is 36.9 Å². The lowest BCUT2D eigenvalue weighted by Gasteiger charge is -2.12. The molecule has 0 saturated carbocycles. The Morgan fingerprint density at radius 1 is 1.12 bits per heavy atom. The summed E-state index contributed by atoms with van der Waals surface area (Å²) in [5, 5.41) is 10.8. The Labute approximate surface area is 142 Å². The third-order valence-corrected chi connectivity index (χ3v) is 3.23. The lowest BCUT2D eigenvalue weighted by atomic mass is 10.2. The molecular formula is C15H11F5N2O4. The number of nitrogens with zero attached hydrogens (tertiary/aromatic N) is 2. The lowest BCUT2D eigenvalue weighted by molar-refractivity contribution is -0.384. The first kappa shape index (κ1) is 19.3. The fourth-order valence-corrected chi connectivity index (χ4v) is 2.13. The summed E-state index contributed by atoms with van der Waals surface area (Å²) in [5.74, 6) is -15.0. The molecule has 0 atom stereocenters. The Hall–Kier alpha value is -2.98. The maximum Gasteiger partial charge on any atom is 0.360 e. The molecule has 2 aromatic rings. The van der Waals surface area contributed by atoms with E-state index in [-0.39, 0.29) is 12.5 Å². The molecule has 6 nitrogen and oxygen atoms in total. The average molecular weight is 378 g/mol. The van der Waals surface area contributed by atoms with Crippen molar-refractivity contribution in [3.05, 3.63) is 57.2 Å². The van der Waals surface area contributed by atoms with Crippen molar-refractivity contribution in [2.75, 3.05) is 0 Å². The molecule has 1 aromatic carbocycles. The Kier molecular flexibility index (Phi) is 5.28. The molecule has 0 saturated heterocycles. The summed E-state index contributed by atoms with van der Waals surface area (Å²) >= 11 is 0. The molecule has 0 bridgehead atoms. The van der Waals surface area contributed by atoms with Crippen LogP contribution in [0.5, 0.6) is 5.75 Å². The number of esters is 1. The summed E-state index contributed by atoms with van der Waals surface area (Å²) < 4.78 is 72.0. The van der Waals surface area contributed by atoms with Gasteiger partial charge in [0.1, 0.15) is 5.69 Å². The molecule has 0 radical (unpaired) electrons. The molecule has 0 unspecified atom stereocenters. The molecule has 2 rings (SSSR count). The van der Waals surface area contributed by atoms with E-state index >= 15 is 0 Å². The molecular weight excluding hydrogens is 367 g/mol. The van der Waals surface area contributed by atoms with Gasteiger partial charge in [0.25, 0.3) is 5.69 Å². The third-order valence-electron chi connectivity index (χ3n) is 3.23. The highest BCUT2D eigenvalue weighted by atomic mass is 19.2. The maximum atomic E-state index is 13.6. The van der Waals surface area contributed by atoms with Gasteiger partial charge < -0.3 is 9.30 Å². The SMILES string of the molecule is CC(C)Cn1cc([N+](=O)[O-])cc1C(=O)Oc1c(F)c(F)c(F)c(F)c1F. The molecule has 0 N–H and O–H groups in total. The second-order valence-electron chi connectivity index (χ2n) is 5.68. The van der Waals surface area contributed by atoms with E-state index in [0.29, 0.717) is 0 Å². The van der Waals surface area contributed by atoms with Crippen molar-refractivity contribution in [3.8, 4) is 5.75 Å². The second-order valence-corrected chi connectivity index (χ2v) is 5.68. The molecule has 1 aromatic heterocycles. The highest BCUT2D eigenvalue weighted by molar-refractivity contribution is 5.90. The van der Waals surface area contributed by atoms with Crippen molar-refractivity contribution in [1.82, 2.24) is 4.57 Å². The van der Waals surface area contributed by atoms with Crippen LogP contribution in [0, 0.1) is 45.1 Å². The molecule has 11 heteroatoms. The van der Waals surface area contributed by atoms with Gasteiger partial charge in [-0.2, -0.15) is 8.78 Å². The van der Waals surface area contributed by atoms with Crippen LogP contribution in [0.2, 0.25) is 0 Å². The highest BCUT2D eigenvalue weighted by Gasteiger charge is 2.30. The van der Waals surface area contributed by atoms with Gasteiger partial charge in [-0.3, -0.25) is 10.1 Å². The van der Waals surface area contributed by atoms with Crippen LogP contribution in [0.1, 0.15) is 24.3 Å². The zero-order valence-corrected chi connectivity index (χ0v) is 13.4. The number of halogens is 5. The molecule has 0 fully saturated rings. The van der Waals surface area contributed by atoms with Crippen molar-refractivity contribution in [2.45, 2.75) is 20.4 Å². The van der Waals surface area contributed by atoms with Crippen molar-refractivity contribution >= 4 is 11.7 Å². The number of hydrogen-bond acceptors (Lipinski definition) is 4.